The number of aldehydes is 1. The quantitative estimate of drug-likeness (QED) is 0.693. The monoisotopic (exact) mass is 197 g/mol. The van der Waals surface area contributed by atoms with Gasteiger partial charge in [-0.25, -0.2) is 0 Å². The average Bonchev–Trinajstić information content (AvgIpc) is 2.30. The van der Waals surface area contributed by atoms with Gasteiger partial charge in [-0.2, -0.15) is 0 Å². The molecule has 0 spiro atoms. The molecule has 1 aromatic carbocycles. The molecule has 74 valence electrons. The molecule has 0 amide bonds. The van der Waals surface area contributed by atoms with Crippen molar-refractivity contribution in [3.63, 3.8) is 0 Å². The number of carbonyl (C=O) groups is 1. The van der Waals surface area contributed by atoms with Gasteiger partial charge in [0.15, 0.2) is 0 Å². The van der Waals surface area contributed by atoms with Gasteiger partial charge in [-0.1, -0.05) is 18.2 Å². The summed E-state index contributed by atoms with van der Waals surface area (Å²) >= 11 is 0. The number of pyridine rings is 1. The van der Waals surface area contributed by atoms with Crippen LogP contribution >= 0.6 is 0 Å². The van der Waals surface area contributed by atoms with Crippen molar-refractivity contribution in [3.05, 3.63) is 53.9 Å². The van der Waals surface area contributed by atoms with Gasteiger partial charge in [0.25, 0.3) is 0 Å². The number of carbonyl (C=O) groups excluding carboxylic acids is 1. The predicted octanol–water partition coefficient (Wildman–Crippen LogP) is 2.87. The van der Waals surface area contributed by atoms with Crippen molar-refractivity contribution in [3.8, 4) is 11.1 Å². The third kappa shape index (κ3) is 1.94. The highest BCUT2D eigenvalue weighted by atomic mass is 16.1. The minimum Gasteiger partial charge on any atom is -0.298 e. The molecule has 0 atom stereocenters. The molecule has 0 aliphatic rings. The van der Waals surface area contributed by atoms with E-state index in [1.54, 1.807) is 12.4 Å². The van der Waals surface area contributed by atoms with Crippen LogP contribution in [0, 0.1) is 6.92 Å². The lowest BCUT2D eigenvalue weighted by atomic mass is 10.0. The smallest absolute Gasteiger partial charge is 0.150 e. The Labute approximate surface area is 88.6 Å². The summed E-state index contributed by atoms with van der Waals surface area (Å²) in [5.41, 5.74) is 3.97. The standard InChI is InChI=1S/C13H11NO/c1-10-8-12(2-3-13(10)9-15)11-4-6-14-7-5-11/h2-9H,1H3. The highest BCUT2D eigenvalue weighted by Gasteiger charge is 2.00. The summed E-state index contributed by atoms with van der Waals surface area (Å²) in [6.45, 7) is 1.94. The second-order valence-electron chi connectivity index (χ2n) is 3.43. The number of hydrogen-bond acceptors (Lipinski definition) is 2. The number of aryl methyl sites for hydroxylation is 1. The van der Waals surface area contributed by atoms with Gasteiger partial charge in [0, 0.05) is 18.0 Å². The summed E-state index contributed by atoms with van der Waals surface area (Å²) in [5, 5.41) is 0. The van der Waals surface area contributed by atoms with Crippen molar-refractivity contribution in [2.24, 2.45) is 0 Å². The van der Waals surface area contributed by atoms with Crippen LogP contribution in [0.4, 0.5) is 0 Å². The highest BCUT2D eigenvalue weighted by Crippen LogP contribution is 2.20. The molecule has 1 heterocycles. The molecular weight excluding hydrogens is 186 g/mol. The van der Waals surface area contributed by atoms with Gasteiger partial charge in [0.1, 0.15) is 6.29 Å². The molecule has 2 heteroatoms. The van der Waals surface area contributed by atoms with Crippen LogP contribution in [-0.4, -0.2) is 11.3 Å². The van der Waals surface area contributed by atoms with Crippen LogP contribution < -0.4 is 0 Å². The van der Waals surface area contributed by atoms with Crippen LogP contribution in [0.15, 0.2) is 42.7 Å². The first-order valence-corrected chi connectivity index (χ1v) is 4.77. The second kappa shape index (κ2) is 4.05. The molecule has 2 nitrogen and oxygen atoms in total. The molecule has 0 bridgehead atoms. The zero-order valence-electron chi connectivity index (χ0n) is 8.47. The Morgan fingerprint density at radius 3 is 2.40 bits per heavy atom. The third-order valence-electron chi connectivity index (χ3n) is 2.41. The molecule has 0 fully saturated rings. The molecule has 0 saturated heterocycles. The third-order valence-corrected chi connectivity index (χ3v) is 2.41. The zero-order valence-corrected chi connectivity index (χ0v) is 8.47. The second-order valence-corrected chi connectivity index (χ2v) is 3.43. The molecule has 2 rings (SSSR count). The maximum absolute atomic E-state index is 10.7. The lowest BCUT2D eigenvalue weighted by Crippen LogP contribution is -1.87. The van der Waals surface area contributed by atoms with Gasteiger partial charge in [-0.15, -0.1) is 0 Å². The van der Waals surface area contributed by atoms with Crippen LogP contribution in [0.5, 0.6) is 0 Å². The Morgan fingerprint density at radius 1 is 1.07 bits per heavy atom. The number of benzene rings is 1. The first kappa shape index (κ1) is 9.59. The average molecular weight is 197 g/mol. The van der Waals surface area contributed by atoms with Crippen molar-refractivity contribution in [2.75, 3.05) is 0 Å². The molecule has 0 aliphatic heterocycles. The van der Waals surface area contributed by atoms with E-state index in [4.69, 9.17) is 0 Å². The minimum absolute atomic E-state index is 0.743. The van der Waals surface area contributed by atoms with E-state index in [1.807, 2.05) is 37.3 Å². The topological polar surface area (TPSA) is 30.0 Å². The van der Waals surface area contributed by atoms with Crippen molar-refractivity contribution in [1.29, 1.82) is 0 Å². The molecule has 0 saturated carbocycles. The molecule has 0 N–H and O–H groups in total. The van der Waals surface area contributed by atoms with Crippen LogP contribution in [0.25, 0.3) is 11.1 Å². The highest BCUT2D eigenvalue weighted by molar-refractivity contribution is 5.79. The van der Waals surface area contributed by atoms with Crippen LogP contribution in [0.1, 0.15) is 15.9 Å². The van der Waals surface area contributed by atoms with E-state index in [0.29, 0.717) is 0 Å². The molecule has 2 aromatic rings. The van der Waals surface area contributed by atoms with E-state index in [2.05, 4.69) is 4.98 Å². The number of aromatic nitrogens is 1. The predicted molar refractivity (Wildman–Crippen MR) is 59.8 cm³/mol. The van der Waals surface area contributed by atoms with E-state index < -0.39 is 0 Å². The first-order chi connectivity index (χ1) is 7.31. The van der Waals surface area contributed by atoms with Crippen LogP contribution in [-0.2, 0) is 0 Å². The van der Waals surface area contributed by atoms with Gasteiger partial charge in [-0.3, -0.25) is 9.78 Å². The molecule has 15 heavy (non-hydrogen) atoms. The summed E-state index contributed by atoms with van der Waals surface area (Å²) in [5.74, 6) is 0. The Morgan fingerprint density at radius 2 is 1.80 bits per heavy atom. The number of hydrogen-bond donors (Lipinski definition) is 0. The van der Waals surface area contributed by atoms with Crippen LogP contribution in [0.3, 0.4) is 0 Å². The van der Waals surface area contributed by atoms with Gasteiger partial charge >= 0.3 is 0 Å². The van der Waals surface area contributed by atoms with Crippen LogP contribution in [0.2, 0.25) is 0 Å². The van der Waals surface area contributed by atoms with Crippen molar-refractivity contribution < 1.29 is 4.79 Å². The molecule has 1 aromatic heterocycles. The summed E-state index contributed by atoms with van der Waals surface area (Å²) < 4.78 is 0. The maximum Gasteiger partial charge on any atom is 0.150 e. The summed E-state index contributed by atoms with van der Waals surface area (Å²) in [6, 6.07) is 9.72. The SMILES string of the molecule is Cc1cc(-c2ccncc2)ccc1C=O. The normalized spacial score (nSPS) is 9.93. The lowest BCUT2D eigenvalue weighted by Gasteiger charge is -2.04. The Bertz CT molecular complexity index is 477. The molecular formula is C13H11NO. The van der Waals surface area contributed by atoms with Gasteiger partial charge in [0.05, 0.1) is 0 Å². The fourth-order valence-corrected chi connectivity index (χ4v) is 1.53. The molecule has 0 aliphatic carbocycles. The molecule has 0 radical (unpaired) electrons. The fraction of sp³-hybridized carbons (Fsp3) is 0.0769. The van der Waals surface area contributed by atoms with E-state index in [0.717, 1.165) is 28.5 Å². The summed E-state index contributed by atoms with van der Waals surface area (Å²) in [4.78, 5) is 14.6. The van der Waals surface area contributed by atoms with Gasteiger partial charge in [-0.05, 0) is 35.7 Å². The maximum atomic E-state index is 10.7. The Hall–Kier alpha value is -1.96. The van der Waals surface area contributed by atoms with E-state index in [9.17, 15) is 4.79 Å². The van der Waals surface area contributed by atoms with Gasteiger partial charge in [0.2, 0.25) is 0 Å². The largest absolute Gasteiger partial charge is 0.298 e. The molecule has 0 unspecified atom stereocenters. The van der Waals surface area contributed by atoms with E-state index in [1.165, 1.54) is 0 Å². The van der Waals surface area contributed by atoms with Crippen molar-refractivity contribution >= 4 is 6.29 Å². The zero-order chi connectivity index (χ0) is 10.7. The Balaban J connectivity index is 2.47. The van der Waals surface area contributed by atoms with E-state index in [-0.39, 0.29) is 0 Å². The number of rotatable bonds is 2. The van der Waals surface area contributed by atoms with Crippen molar-refractivity contribution in [1.82, 2.24) is 4.98 Å². The van der Waals surface area contributed by atoms with Gasteiger partial charge < -0.3 is 0 Å². The Kier molecular flexibility index (Phi) is 2.59. The number of nitrogens with zero attached hydrogens (tertiary/aromatic N) is 1. The lowest BCUT2D eigenvalue weighted by molar-refractivity contribution is 0.112. The van der Waals surface area contributed by atoms with Crippen molar-refractivity contribution in [2.45, 2.75) is 6.92 Å². The first-order valence-electron chi connectivity index (χ1n) is 4.77. The van der Waals surface area contributed by atoms with E-state index >= 15 is 0 Å². The summed E-state index contributed by atoms with van der Waals surface area (Å²) in [7, 11) is 0. The summed E-state index contributed by atoms with van der Waals surface area (Å²) in [6.07, 6.45) is 4.41. The fourth-order valence-electron chi connectivity index (χ4n) is 1.53. The minimum atomic E-state index is 0.743.